The molecule has 0 aliphatic carbocycles. The predicted molar refractivity (Wildman–Crippen MR) is 101 cm³/mol. The average Bonchev–Trinajstić information content (AvgIpc) is 3.08. The van der Waals surface area contributed by atoms with Gasteiger partial charge in [-0.2, -0.15) is 0 Å². The van der Waals surface area contributed by atoms with E-state index in [0.717, 1.165) is 34.1 Å². The molecule has 1 aromatic heterocycles. The topological polar surface area (TPSA) is 97.5 Å². The number of aryl methyl sites for hydroxylation is 3. The zero-order valence-electron chi connectivity index (χ0n) is 15.3. The molecule has 3 aromatic rings. The zero-order chi connectivity index (χ0) is 19.2. The Balaban J connectivity index is 1.62. The molecule has 0 bridgehead atoms. The number of carboxylic acids is 1. The minimum absolute atomic E-state index is 0.0482. The first kappa shape index (κ1) is 18.8. The number of fused-ring (bicyclic) bond motifs is 1. The number of nitrogens with zero attached hydrogens (tertiary/aromatic N) is 3. The first-order valence-electron chi connectivity index (χ1n) is 8.95. The number of carbonyl (C=O) groups is 1. The molecule has 1 heterocycles. The molecule has 3 rings (SSSR count). The molecular formula is C20H23N3O4. The number of aliphatic hydroxyl groups is 1. The van der Waals surface area contributed by atoms with Gasteiger partial charge >= 0.3 is 5.97 Å². The smallest absolute Gasteiger partial charge is 0.303 e. The summed E-state index contributed by atoms with van der Waals surface area (Å²) in [6.07, 6.45) is 1.34. The molecule has 0 spiro atoms. The Morgan fingerprint density at radius 3 is 2.78 bits per heavy atom. The maximum absolute atomic E-state index is 10.8. The molecule has 0 saturated carbocycles. The van der Waals surface area contributed by atoms with Crippen molar-refractivity contribution in [1.82, 2.24) is 15.0 Å². The number of benzene rings is 2. The van der Waals surface area contributed by atoms with E-state index in [2.05, 4.69) is 10.3 Å². The lowest BCUT2D eigenvalue weighted by molar-refractivity contribution is -0.136. The van der Waals surface area contributed by atoms with Crippen molar-refractivity contribution in [3.05, 3.63) is 53.1 Å². The highest BCUT2D eigenvalue weighted by molar-refractivity contribution is 5.79. The van der Waals surface area contributed by atoms with Crippen molar-refractivity contribution in [2.24, 2.45) is 0 Å². The summed E-state index contributed by atoms with van der Waals surface area (Å²) in [4.78, 5) is 10.8. The van der Waals surface area contributed by atoms with E-state index in [1.54, 1.807) is 0 Å². The number of aromatic nitrogens is 3. The number of aliphatic carboxylic acids is 1. The van der Waals surface area contributed by atoms with Crippen LogP contribution < -0.4 is 4.74 Å². The van der Waals surface area contributed by atoms with Crippen LogP contribution in [0.2, 0.25) is 0 Å². The van der Waals surface area contributed by atoms with E-state index in [0.29, 0.717) is 25.3 Å². The second-order valence-corrected chi connectivity index (χ2v) is 6.39. The van der Waals surface area contributed by atoms with Gasteiger partial charge in [-0.15, -0.1) is 5.10 Å². The van der Waals surface area contributed by atoms with Crippen molar-refractivity contribution in [2.75, 3.05) is 6.61 Å². The third kappa shape index (κ3) is 4.43. The Morgan fingerprint density at radius 1 is 1.19 bits per heavy atom. The highest BCUT2D eigenvalue weighted by atomic mass is 16.5. The summed E-state index contributed by atoms with van der Waals surface area (Å²) in [6, 6.07) is 11.3. The molecule has 27 heavy (non-hydrogen) atoms. The maximum Gasteiger partial charge on any atom is 0.303 e. The maximum atomic E-state index is 10.8. The number of para-hydroxylation sites is 1. The molecule has 0 aliphatic heterocycles. The van der Waals surface area contributed by atoms with Crippen LogP contribution in [-0.2, 0) is 24.4 Å². The van der Waals surface area contributed by atoms with Gasteiger partial charge in [-0.25, -0.2) is 4.68 Å². The number of rotatable bonds is 9. The Kier molecular flexibility index (Phi) is 6.03. The summed E-state index contributed by atoms with van der Waals surface area (Å²) < 4.78 is 7.60. The molecule has 142 valence electrons. The molecule has 0 saturated heterocycles. The van der Waals surface area contributed by atoms with E-state index < -0.39 is 5.97 Å². The van der Waals surface area contributed by atoms with Crippen molar-refractivity contribution in [3.63, 3.8) is 0 Å². The Morgan fingerprint density at radius 2 is 2.00 bits per heavy atom. The summed E-state index contributed by atoms with van der Waals surface area (Å²) in [7, 11) is 0. The van der Waals surface area contributed by atoms with Gasteiger partial charge < -0.3 is 14.9 Å². The fraction of sp³-hybridized carbons (Fsp3) is 0.350. The number of carboxylic acid groups (broad SMARTS) is 1. The van der Waals surface area contributed by atoms with Gasteiger partial charge in [0.25, 0.3) is 0 Å². The van der Waals surface area contributed by atoms with E-state index in [1.165, 1.54) is 0 Å². The quantitative estimate of drug-likeness (QED) is 0.563. The third-order valence-corrected chi connectivity index (χ3v) is 4.58. The molecule has 0 atom stereocenters. The van der Waals surface area contributed by atoms with Crippen LogP contribution in [0.25, 0.3) is 11.0 Å². The monoisotopic (exact) mass is 369 g/mol. The van der Waals surface area contributed by atoms with E-state index in [4.69, 9.17) is 9.84 Å². The third-order valence-electron chi connectivity index (χ3n) is 4.58. The van der Waals surface area contributed by atoms with Crippen molar-refractivity contribution < 1.29 is 19.7 Å². The van der Waals surface area contributed by atoms with E-state index in [9.17, 15) is 9.90 Å². The average molecular weight is 369 g/mol. The lowest BCUT2D eigenvalue weighted by Crippen LogP contribution is -2.07. The highest BCUT2D eigenvalue weighted by Gasteiger charge is 2.11. The number of ether oxygens (including phenoxy) is 1. The Hall–Kier alpha value is -2.93. The molecule has 2 N–H and O–H groups in total. The van der Waals surface area contributed by atoms with Crippen molar-refractivity contribution in [1.29, 1.82) is 0 Å². The standard InChI is InChI=1S/C20H23N3O4/c1-14-15(8-10-19(25)26)7-9-17-20(14)21-22-23(17)11-4-12-27-18-6-3-2-5-16(18)13-24/h2-3,5-7,9,24H,4,8,10-13H2,1H3,(H,25,26). The molecule has 7 heteroatoms. The summed E-state index contributed by atoms with van der Waals surface area (Å²) in [5, 5.41) is 26.7. The number of hydrogen-bond donors (Lipinski definition) is 2. The highest BCUT2D eigenvalue weighted by Crippen LogP contribution is 2.21. The lowest BCUT2D eigenvalue weighted by atomic mass is 10.0. The molecule has 0 amide bonds. The second kappa shape index (κ2) is 8.64. The SMILES string of the molecule is Cc1c(CCC(=O)O)ccc2c1nnn2CCCOc1ccccc1CO. The van der Waals surface area contributed by atoms with Gasteiger partial charge in [-0.05, 0) is 36.6 Å². The van der Waals surface area contributed by atoms with E-state index >= 15 is 0 Å². The molecule has 0 unspecified atom stereocenters. The van der Waals surface area contributed by atoms with Gasteiger partial charge in [0.2, 0.25) is 0 Å². The van der Waals surface area contributed by atoms with Crippen LogP contribution in [0.1, 0.15) is 29.5 Å². The molecule has 0 radical (unpaired) electrons. The molecule has 2 aromatic carbocycles. The van der Waals surface area contributed by atoms with Crippen LogP contribution in [-0.4, -0.2) is 37.8 Å². The first-order chi connectivity index (χ1) is 13.1. The Bertz CT molecular complexity index is 936. The van der Waals surface area contributed by atoms with E-state index in [1.807, 2.05) is 48.0 Å². The van der Waals surface area contributed by atoms with Gasteiger partial charge in [0.1, 0.15) is 11.3 Å². The van der Waals surface area contributed by atoms with Crippen LogP contribution in [0.15, 0.2) is 36.4 Å². The number of hydrogen-bond acceptors (Lipinski definition) is 5. The van der Waals surface area contributed by atoms with Crippen molar-refractivity contribution in [3.8, 4) is 5.75 Å². The zero-order valence-corrected chi connectivity index (χ0v) is 15.3. The normalized spacial score (nSPS) is 11.0. The summed E-state index contributed by atoms with van der Waals surface area (Å²) in [5.41, 5.74) is 4.48. The minimum Gasteiger partial charge on any atom is -0.493 e. The van der Waals surface area contributed by atoms with Gasteiger partial charge in [-0.1, -0.05) is 29.5 Å². The largest absolute Gasteiger partial charge is 0.493 e. The minimum atomic E-state index is -0.805. The van der Waals surface area contributed by atoms with Crippen LogP contribution in [0, 0.1) is 6.92 Å². The fourth-order valence-electron chi connectivity index (χ4n) is 3.06. The van der Waals surface area contributed by atoms with Gasteiger partial charge in [0.05, 0.1) is 18.7 Å². The van der Waals surface area contributed by atoms with Crippen molar-refractivity contribution in [2.45, 2.75) is 39.3 Å². The van der Waals surface area contributed by atoms with E-state index in [-0.39, 0.29) is 13.0 Å². The van der Waals surface area contributed by atoms with Crippen LogP contribution in [0.3, 0.4) is 0 Å². The first-order valence-corrected chi connectivity index (χ1v) is 8.95. The van der Waals surface area contributed by atoms with Gasteiger partial charge in [0.15, 0.2) is 0 Å². The Labute approximate surface area is 157 Å². The van der Waals surface area contributed by atoms with Crippen LogP contribution >= 0.6 is 0 Å². The molecule has 0 fully saturated rings. The van der Waals surface area contributed by atoms with Crippen molar-refractivity contribution >= 4 is 17.0 Å². The summed E-state index contributed by atoms with van der Waals surface area (Å²) >= 11 is 0. The van der Waals surface area contributed by atoms with Crippen LogP contribution in [0.4, 0.5) is 0 Å². The summed E-state index contributed by atoms with van der Waals surface area (Å²) in [5.74, 6) is -0.108. The molecule has 7 nitrogen and oxygen atoms in total. The summed E-state index contributed by atoms with van der Waals surface area (Å²) in [6.45, 7) is 3.07. The number of aliphatic hydroxyl groups excluding tert-OH is 1. The second-order valence-electron chi connectivity index (χ2n) is 6.39. The molecular weight excluding hydrogens is 346 g/mol. The van der Waals surface area contributed by atoms with Gasteiger partial charge in [0, 0.05) is 24.9 Å². The fourth-order valence-corrected chi connectivity index (χ4v) is 3.06. The van der Waals surface area contributed by atoms with Gasteiger partial charge in [-0.3, -0.25) is 4.79 Å². The lowest BCUT2D eigenvalue weighted by Gasteiger charge is -2.10. The predicted octanol–water partition coefficient (Wildman–Crippen LogP) is 2.72. The van der Waals surface area contributed by atoms with Crippen LogP contribution in [0.5, 0.6) is 5.75 Å². The molecule has 0 aliphatic rings.